The number of piperidine rings is 1. The summed E-state index contributed by atoms with van der Waals surface area (Å²) in [7, 11) is 0. The molecular weight excluding hydrogens is 523 g/mol. The number of rotatable bonds is 10. The lowest BCUT2D eigenvalue weighted by Gasteiger charge is -2.35. The molecule has 3 heterocycles. The maximum Gasteiger partial charge on any atom is 0.433 e. The molecule has 2 saturated heterocycles. The molecule has 1 aromatic heterocycles. The highest BCUT2D eigenvalue weighted by molar-refractivity contribution is 5.85. The van der Waals surface area contributed by atoms with Crippen LogP contribution in [0.25, 0.3) is 0 Å². The van der Waals surface area contributed by atoms with Gasteiger partial charge in [-0.1, -0.05) is 12.1 Å². The van der Waals surface area contributed by atoms with Crippen LogP contribution in [0.4, 0.5) is 24.7 Å². The van der Waals surface area contributed by atoms with E-state index in [9.17, 15) is 22.8 Å². The minimum atomic E-state index is -4.63. The van der Waals surface area contributed by atoms with E-state index in [0.717, 1.165) is 30.9 Å². The van der Waals surface area contributed by atoms with Crippen molar-refractivity contribution in [2.75, 3.05) is 36.0 Å². The van der Waals surface area contributed by atoms with E-state index in [1.807, 2.05) is 17.0 Å². The van der Waals surface area contributed by atoms with Crippen molar-refractivity contribution in [1.82, 2.24) is 10.3 Å². The first kappa shape index (κ1) is 29.2. The lowest BCUT2D eigenvalue weighted by molar-refractivity contribution is -0.141. The Morgan fingerprint density at radius 3 is 2.48 bits per heavy atom. The van der Waals surface area contributed by atoms with Crippen molar-refractivity contribution < 1.29 is 27.9 Å². The van der Waals surface area contributed by atoms with Gasteiger partial charge < -0.3 is 20.2 Å². The highest BCUT2D eigenvalue weighted by atomic mass is 19.4. The number of nitriles is 1. The maximum absolute atomic E-state index is 13.9. The summed E-state index contributed by atoms with van der Waals surface area (Å²) in [5.41, 5.74) is 0.989. The van der Waals surface area contributed by atoms with Gasteiger partial charge in [-0.05, 0) is 74.6 Å². The fourth-order valence-corrected chi connectivity index (χ4v) is 5.51. The first-order valence-corrected chi connectivity index (χ1v) is 13.7. The van der Waals surface area contributed by atoms with Crippen molar-refractivity contribution in [1.29, 1.82) is 5.26 Å². The third kappa shape index (κ3) is 7.64. The molecule has 1 unspecified atom stereocenters. The number of benzene rings is 1. The number of hydrogen-bond donors (Lipinski definition) is 2. The number of aromatic nitrogens is 1. The summed E-state index contributed by atoms with van der Waals surface area (Å²) in [6.07, 6.45) is 0.234. The third-order valence-electron chi connectivity index (χ3n) is 7.72. The number of hydrogen-bond acceptors (Lipinski definition) is 6. The Morgan fingerprint density at radius 1 is 1.10 bits per heavy atom. The van der Waals surface area contributed by atoms with Crippen molar-refractivity contribution in [2.45, 2.75) is 63.6 Å². The van der Waals surface area contributed by atoms with Gasteiger partial charge in [-0.2, -0.15) is 18.4 Å². The number of carbonyl (C=O) groups is 2. The molecular formula is C29H34F3N5O3. The molecule has 4 rings (SSSR count). The number of carboxylic acids is 1. The van der Waals surface area contributed by atoms with E-state index in [-0.39, 0.29) is 18.1 Å². The third-order valence-corrected chi connectivity index (χ3v) is 7.72. The molecule has 2 fully saturated rings. The van der Waals surface area contributed by atoms with Gasteiger partial charge in [-0.3, -0.25) is 9.59 Å². The largest absolute Gasteiger partial charge is 0.481 e. The molecule has 0 bridgehead atoms. The summed E-state index contributed by atoms with van der Waals surface area (Å²) in [6.45, 7) is 1.97. The standard InChI is InChI=1S/C29H34F3N5O3/c30-29(31,32)25-17-23(36-15-11-20(12-16-36)3-1-5-27(38)39)18-26(35-25)37-14-2-4-24(37)28(40)34-13-10-21-6-8-22(19-33)9-7-21/h6-9,17-18,20,24H,1-5,10-16H2,(H,34,40)(H,38,39). The smallest absolute Gasteiger partial charge is 0.433 e. The van der Waals surface area contributed by atoms with E-state index in [2.05, 4.69) is 16.4 Å². The van der Waals surface area contributed by atoms with E-state index < -0.39 is 23.9 Å². The number of halogens is 3. The lowest BCUT2D eigenvalue weighted by Crippen LogP contribution is -2.44. The normalized spacial score (nSPS) is 18.0. The van der Waals surface area contributed by atoms with Crippen LogP contribution in [0.1, 0.15) is 61.8 Å². The molecule has 2 N–H and O–H groups in total. The van der Waals surface area contributed by atoms with E-state index in [0.29, 0.717) is 69.0 Å². The van der Waals surface area contributed by atoms with Crippen LogP contribution >= 0.6 is 0 Å². The Hall–Kier alpha value is -3.81. The quantitative estimate of drug-likeness (QED) is 0.433. The lowest BCUT2D eigenvalue weighted by atomic mass is 9.91. The molecule has 1 amide bonds. The zero-order valence-electron chi connectivity index (χ0n) is 22.3. The van der Waals surface area contributed by atoms with Gasteiger partial charge in [0.15, 0.2) is 0 Å². The predicted molar refractivity (Wildman–Crippen MR) is 144 cm³/mol. The van der Waals surface area contributed by atoms with Crippen LogP contribution in [0.5, 0.6) is 0 Å². The number of nitrogens with zero attached hydrogens (tertiary/aromatic N) is 4. The van der Waals surface area contributed by atoms with Crippen LogP contribution in [0.3, 0.4) is 0 Å². The van der Waals surface area contributed by atoms with Crippen molar-refractivity contribution in [3.63, 3.8) is 0 Å². The summed E-state index contributed by atoms with van der Waals surface area (Å²) in [5, 5.41) is 20.7. The van der Waals surface area contributed by atoms with Crippen molar-refractivity contribution in [3.8, 4) is 6.07 Å². The Bertz CT molecular complexity index is 1220. The van der Waals surface area contributed by atoms with Gasteiger partial charge in [-0.15, -0.1) is 0 Å². The first-order chi connectivity index (χ1) is 19.1. The second-order valence-electron chi connectivity index (χ2n) is 10.5. The fraction of sp³-hybridized carbons (Fsp3) is 0.517. The van der Waals surface area contributed by atoms with Gasteiger partial charge in [0.1, 0.15) is 17.6 Å². The predicted octanol–water partition coefficient (Wildman–Crippen LogP) is 4.77. The number of anilines is 2. The van der Waals surface area contributed by atoms with Crippen LogP contribution in [-0.4, -0.2) is 54.2 Å². The van der Waals surface area contributed by atoms with Gasteiger partial charge in [0.05, 0.1) is 11.6 Å². The molecule has 8 nitrogen and oxygen atoms in total. The molecule has 214 valence electrons. The molecule has 0 radical (unpaired) electrons. The molecule has 1 atom stereocenters. The molecule has 0 saturated carbocycles. The van der Waals surface area contributed by atoms with Gasteiger partial charge in [0.2, 0.25) is 5.91 Å². The van der Waals surface area contributed by atoms with Crippen molar-refractivity contribution >= 4 is 23.4 Å². The Kier molecular flexibility index (Phi) is 9.50. The zero-order valence-corrected chi connectivity index (χ0v) is 22.3. The maximum atomic E-state index is 13.9. The SMILES string of the molecule is N#Cc1ccc(CCNC(=O)C2CCCN2c2cc(N3CCC(CCCC(=O)O)CC3)cc(C(F)(F)F)n2)cc1. The number of carboxylic acid groups (broad SMARTS) is 1. The average molecular weight is 558 g/mol. The van der Waals surface area contributed by atoms with Crippen LogP contribution in [-0.2, 0) is 22.2 Å². The van der Waals surface area contributed by atoms with E-state index in [1.54, 1.807) is 23.1 Å². The zero-order chi connectivity index (χ0) is 28.7. The summed E-state index contributed by atoms with van der Waals surface area (Å²) < 4.78 is 41.6. The summed E-state index contributed by atoms with van der Waals surface area (Å²) >= 11 is 0. The molecule has 0 aliphatic carbocycles. The summed E-state index contributed by atoms with van der Waals surface area (Å²) in [5.74, 6) is -0.552. The number of alkyl halides is 3. The molecule has 2 aromatic rings. The monoisotopic (exact) mass is 557 g/mol. The second kappa shape index (κ2) is 13.0. The van der Waals surface area contributed by atoms with E-state index in [1.165, 1.54) is 0 Å². The highest BCUT2D eigenvalue weighted by Gasteiger charge is 2.37. The minimum Gasteiger partial charge on any atom is -0.481 e. The van der Waals surface area contributed by atoms with Gasteiger partial charge >= 0.3 is 12.1 Å². The molecule has 40 heavy (non-hydrogen) atoms. The number of nitrogens with one attached hydrogen (secondary N) is 1. The molecule has 11 heteroatoms. The Balaban J connectivity index is 1.42. The van der Waals surface area contributed by atoms with Crippen LogP contribution in [0.15, 0.2) is 36.4 Å². The topological polar surface area (TPSA) is 110 Å². The first-order valence-electron chi connectivity index (χ1n) is 13.7. The van der Waals surface area contributed by atoms with Gasteiger partial charge in [0, 0.05) is 44.4 Å². The van der Waals surface area contributed by atoms with Crippen molar-refractivity contribution in [2.24, 2.45) is 5.92 Å². The average Bonchev–Trinajstić information content (AvgIpc) is 3.43. The molecule has 0 spiro atoms. The summed E-state index contributed by atoms with van der Waals surface area (Å²) in [6, 6.07) is 11.3. The minimum absolute atomic E-state index is 0.128. The van der Waals surface area contributed by atoms with Gasteiger partial charge in [-0.25, -0.2) is 4.98 Å². The van der Waals surface area contributed by atoms with E-state index in [4.69, 9.17) is 10.4 Å². The Labute approximate surface area is 231 Å². The second-order valence-corrected chi connectivity index (χ2v) is 10.5. The molecule has 1 aromatic carbocycles. The fourth-order valence-electron chi connectivity index (χ4n) is 5.51. The van der Waals surface area contributed by atoms with Crippen LogP contribution in [0, 0.1) is 17.2 Å². The summed E-state index contributed by atoms with van der Waals surface area (Å²) in [4.78, 5) is 31.4. The van der Waals surface area contributed by atoms with Crippen LogP contribution in [0.2, 0.25) is 0 Å². The van der Waals surface area contributed by atoms with Crippen LogP contribution < -0.4 is 15.1 Å². The van der Waals surface area contributed by atoms with E-state index >= 15 is 0 Å². The van der Waals surface area contributed by atoms with Gasteiger partial charge in [0.25, 0.3) is 0 Å². The highest BCUT2D eigenvalue weighted by Crippen LogP contribution is 2.36. The molecule has 2 aliphatic rings. The Morgan fingerprint density at radius 2 is 1.82 bits per heavy atom. The number of carbonyl (C=O) groups excluding carboxylic acids is 1. The number of pyridine rings is 1. The van der Waals surface area contributed by atoms with Crippen molar-refractivity contribution in [3.05, 3.63) is 53.2 Å². The molecule has 2 aliphatic heterocycles. The number of amides is 1. The number of aliphatic carboxylic acids is 1.